The van der Waals surface area contributed by atoms with Crippen LogP contribution in [-0.2, 0) is 5.41 Å². The lowest BCUT2D eigenvalue weighted by atomic mass is 9.80. The summed E-state index contributed by atoms with van der Waals surface area (Å²) in [7, 11) is 0. The first-order valence-electron chi connectivity index (χ1n) is 15.6. The summed E-state index contributed by atoms with van der Waals surface area (Å²) < 4.78 is 8.77. The molecule has 212 valence electrons. The maximum atomic E-state index is 6.37. The van der Waals surface area contributed by atoms with Gasteiger partial charge in [-0.25, -0.2) is 4.98 Å². The van der Waals surface area contributed by atoms with Gasteiger partial charge < -0.3 is 4.42 Å². The molecule has 3 aromatic heterocycles. The maximum absolute atomic E-state index is 6.37. The Morgan fingerprint density at radius 3 is 2.13 bits per heavy atom. The number of hydrogen-bond acceptors (Lipinski definition) is 2. The van der Waals surface area contributed by atoms with Crippen molar-refractivity contribution in [1.29, 1.82) is 0 Å². The van der Waals surface area contributed by atoms with Crippen molar-refractivity contribution in [2.24, 2.45) is 0 Å². The van der Waals surface area contributed by atoms with Gasteiger partial charge in [0, 0.05) is 44.3 Å². The highest BCUT2D eigenvalue weighted by atomic mass is 16.3. The smallest absolute Gasteiger partial charge is 0.143 e. The zero-order valence-electron chi connectivity index (χ0n) is 25.0. The highest BCUT2D eigenvalue weighted by Crippen LogP contribution is 2.56. The molecule has 0 atom stereocenters. The second kappa shape index (κ2) is 8.71. The fourth-order valence-electron chi connectivity index (χ4n) is 8.08. The second-order valence-corrected chi connectivity index (χ2v) is 12.7. The molecule has 3 heteroatoms. The van der Waals surface area contributed by atoms with Gasteiger partial charge >= 0.3 is 0 Å². The molecule has 0 aliphatic heterocycles. The monoisotopic (exact) mass is 576 g/mol. The number of fused-ring (bicyclic) bond motifs is 13. The summed E-state index contributed by atoms with van der Waals surface area (Å²) in [6, 6.07) is 45.6. The molecule has 0 spiro atoms. The van der Waals surface area contributed by atoms with Crippen LogP contribution in [0, 0.1) is 0 Å². The molecule has 0 amide bonds. The Labute approximate surface area is 260 Å². The summed E-state index contributed by atoms with van der Waals surface area (Å²) >= 11 is 0. The van der Waals surface area contributed by atoms with Crippen LogP contribution in [0.15, 0.2) is 138 Å². The van der Waals surface area contributed by atoms with Gasteiger partial charge in [0.15, 0.2) is 0 Å². The van der Waals surface area contributed by atoms with Gasteiger partial charge in [-0.15, -0.1) is 0 Å². The van der Waals surface area contributed by atoms with Gasteiger partial charge in [-0.05, 0) is 57.3 Å². The number of aromatic nitrogens is 2. The van der Waals surface area contributed by atoms with E-state index in [4.69, 9.17) is 9.40 Å². The number of benzene rings is 6. The standard InChI is InChI=1S/C42H28N2O/c1-42(2)33-19-8-5-15-31(33)37-28-13-3-4-14-29(28)38-32-16-6-9-20-34(32)44(40(38)39(37)42)36-23-22-25(24-43-36)26-17-11-18-30-27-12-7-10-21-35(27)45-41(26)30/h3-24H,1-2H3. The lowest BCUT2D eigenvalue weighted by Crippen LogP contribution is -2.16. The van der Waals surface area contributed by atoms with Gasteiger partial charge in [-0.2, -0.15) is 0 Å². The summed E-state index contributed by atoms with van der Waals surface area (Å²) in [5, 5.41) is 7.38. The van der Waals surface area contributed by atoms with E-state index in [1.807, 2.05) is 18.3 Å². The zero-order chi connectivity index (χ0) is 29.9. The van der Waals surface area contributed by atoms with Gasteiger partial charge in [-0.3, -0.25) is 4.57 Å². The summed E-state index contributed by atoms with van der Waals surface area (Å²) in [5.74, 6) is 0.908. The van der Waals surface area contributed by atoms with Crippen molar-refractivity contribution in [3.05, 3.63) is 145 Å². The first-order chi connectivity index (χ1) is 22.1. The molecular weight excluding hydrogens is 548 g/mol. The van der Waals surface area contributed by atoms with Crippen molar-refractivity contribution < 1.29 is 4.42 Å². The number of para-hydroxylation sites is 3. The molecule has 3 nitrogen and oxygen atoms in total. The van der Waals surface area contributed by atoms with E-state index < -0.39 is 0 Å². The van der Waals surface area contributed by atoms with E-state index in [2.05, 4.69) is 134 Å². The first-order valence-corrected chi connectivity index (χ1v) is 15.6. The fraction of sp³-hybridized carbons (Fsp3) is 0.0714. The Morgan fingerprint density at radius 2 is 1.29 bits per heavy atom. The highest BCUT2D eigenvalue weighted by molar-refractivity contribution is 6.27. The molecule has 0 radical (unpaired) electrons. The molecule has 0 N–H and O–H groups in total. The lowest BCUT2D eigenvalue weighted by molar-refractivity contribution is 0.664. The van der Waals surface area contributed by atoms with Crippen LogP contribution >= 0.6 is 0 Å². The Morgan fingerprint density at radius 1 is 0.600 bits per heavy atom. The van der Waals surface area contributed by atoms with Gasteiger partial charge in [0.05, 0.1) is 11.0 Å². The predicted octanol–water partition coefficient (Wildman–Crippen LogP) is 11.2. The van der Waals surface area contributed by atoms with E-state index in [1.165, 1.54) is 49.3 Å². The number of hydrogen-bond donors (Lipinski definition) is 0. The molecule has 0 bridgehead atoms. The van der Waals surface area contributed by atoms with Crippen molar-refractivity contribution in [3.63, 3.8) is 0 Å². The van der Waals surface area contributed by atoms with Gasteiger partial charge in [-0.1, -0.05) is 117 Å². The third kappa shape index (κ3) is 3.17. The minimum absolute atomic E-state index is 0.183. The van der Waals surface area contributed by atoms with E-state index >= 15 is 0 Å². The normalized spacial score (nSPS) is 13.7. The average Bonchev–Trinajstić information content (AvgIpc) is 3.71. The third-order valence-electron chi connectivity index (χ3n) is 10.0. The predicted molar refractivity (Wildman–Crippen MR) is 186 cm³/mol. The summed E-state index contributed by atoms with van der Waals surface area (Å²) in [4.78, 5) is 5.18. The van der Waals surface area contributed by atoms with E-state index in [0.29, 0.717) is 0 Å². The average molecular weight is 577 g/mol. The van der Waals surface area contributed by atoms with Crippen LogP contribution in [0.1, 0.15) is 25.0 Å². The van der Waals surface area contributed by atoms with E-state index in [-0.39, 0.29) is 5.41 Å². The SMILES string of the molecule is CC1(C)c2ccccc2-c2c1c1c(c3ccccc23)c2ccccc2n1-c1ccc(-c2cccc3c2oc2ccccc23)cn1. The molecule has 0 saturated heterocycles. The van der Waals surface area contributed by atoms with Crippen LogP contribution in [-0.4, -0.2) is 9.55 Å². The Balaban J connectivity index is 1.28. The molecule has 6 aromatic carbocycles. The molecule has 45 heavy (non-hydrogen) atoms. The zero-order valence-corrected chi connectivity index (χ0v) is 25.0. The summed E-state index contributed by atoms with van der Waals surface area (Å²) in [6.45, 7) is 4.75. The van der Waals surface area contributed by atoms with Crippen LogP contribution in [0.3, 0.4) is 0 Å². The van der Waals surface area contributed by atoms with Crippen molar-refractivity contribution in [3.8, 4) is 28.1 Å². The summed E-state index contributed by atoms with van der Waals surface area (Å²) in [6.07, 6.45) is 2.00. The molecule has 10 rings (SSSR count). The number of rotatable bonds is 2. The van der Waals surface area contributed by atoms with Crippen LogP contribution in [0.5, 0.6) is 0 Å². The van der Waals surface area contributed by atoms with Crippen LogP contribution < -0.4 is 0 Å². The van der Waals surface area contributed by atoms with Crippen LogP contribution in [0.25, 0.3) is 82.6 Å². The minimum atomic E-state index is -0.183. The molecule has 3 heterocycles. The third-order valence-corrected chi connectivity index (χ3v) is 10.0. The Kier molecular flexibility index (Phi) is 4.79. The van der Waals surface area contributed by atoms with Crippen molar-refractivity contribution in [1.82, 2.24) is 9.55 Å². The maximum Gasteiger partial charge on any atom is 0.143 e. The van der Waals surface area contributed by atoms with Crippen LogP contribution in [0.2, 0.25) is 0 Å². The molecule has 1 aliphatic rings. The van der Waals surface area contributed by atoms with Gasteiger partial charge in [0.2, 0.25) is 0 Å². The molecule has 0 saturated carbocycles. The fourth-order valence-corrected chi connectivity index (χ4v) is 8.08. The molecular formula is C42H28N2O. The molecule has 0 fully saturated rings. The number of pyridine rings is 1. The largest absolute Gasteiger partial charge is 0.455 e. The van der Waals surface area contributed by atoms with Crippen LogP contribution in [0.4, 0.5) is 0 Å². The van der Waals surface area contributed by atoms with E-state index in [1.54, 1.807) is 0 Å². The molecule has 9 aromatic rings. The van der Waals surface area contributed by atoms with Crippen molar-refractivity contribution in [2.45, 2.75) is 19.3 Å². The van der Waals surface area contributed by atoms with Gasteiger partial charge in [0.1, 0.15) is 17.0 Å². The van der Waals surface area contributed by atoms with Crippen molar-refractivity contribution >= 4 is 54.5 Å². The number of furan rings is 1. The second-order valence-electron chi connectivity index (χ2n) is 12.7. The van der Waals surface area contributed by atoms with E-state index in [9.17, 15) is 0 Å². The molecule has 1 aliphatic carbocycles. The minimum Gasteiger partial charge on any atom is -0.455 e. The van der Waals surface area contributed by atoms with E-state index in [0.717, 1.165) is 44.4 Å². The van der Waals surface area contributed by atoms with Gasteiger partial charge in [0.25, 0.3) is 0 Å². The Hall–Kier alpha value is -5.67. The molecule has 0 unspecified atom stereocenters. The highest BCUT2D eigenvalue weighted by Gasteiger charge is 2.40. The lowest BCUT2D eigenvalue weighted by Gasteiger charge is -2.24. The first kappa shape index (κ1) is 24.7. The quantitative estimate of drug-likeness (QED) is 0.205. The van der Waals surface area contributed by atoms with Crippen molar-refractivity contribution in [2.75, 3.05) is 0 Å². The Bertz CT molecular complexity index is 2670. The topological polar surface area (TPSA) is 31.0 Å². The summed E-state index contributed by atoms with van der Waals surface area (Å²) in [5.41, 5.74) is 11.5. The number of nitrogens with zero attached hydrogens (tertiary/aromatic N) is 2.